The number of hydroxylamine groups is 1. The second-order valence-corrected chi connectivity index (χ2v) is 14.9. The van der Waals surface area contributed by atoms with Crippen LogP contribution in [-0.4, -0.2) is 64.6 Å². The Labute approximate surface area is 331 Å². The van der Waals surface area contributed by atoms with Crippen molar-refractivity contribution in [3.8, 4) is 5.75 Å². The standard InChI is InChI=1S/C41H36ClN5O6S2/c1-51-29-19-17-25(18-20-29)21-30-37(49)47-35(26(22-42)23-54-38(30)47)39(50)53-46-36(48)34(45-52-2)33-24-55-40(44-33)41(27-11-5-3-6-12-27,28-13-7-4-8-14-28)31-15-9-10-16-32(31)43/h3-20,24,30,38H,21-23,43H2,1-2H3,(H,46,48)/t30-,38-/m1/s1. The predicted molar refractivity (Wildman–Crippen MR) is 214 cm³/mol. The highest BCUT2D eigenvalue weighted by Crippen LogP contribution is 2.48. The molecule has 14 heteroatoms. The number of nitrogen functional groups attached to an aromatic ring is 1. The first-order valence-electron chi connectivity index (χ1n) is 17.2. The number of thiazole rings is 1. The molecule has 0 aliphatic carbocycles. The number of fused-ring (bicyclic) bond motifs is 1. The van der Waals surface area contributed by atoms with E-state index in [1.54, 1.807) is 12.5 Å². The Morgan fingerprint density at radius 1 is 0.964 bits per heavy atom. The number of hydrogen-bond donors (Lipinski definition) is 2. The summed E-state index contributed by atoms with van der Waals surface area (Å²) in [4.78, 5) is 57.7. The van der Waals surface area contributed by atoms with E-state index in [1.807, 2.05) is 109 Å². The summed E-state index contributed by atoms with van der Waals surface area (Å²) in [5, 5.41) is 5.98. The Morgan fingerprint density at radius 2 is 1.62 bits per heavy atom. The molecular weight excluding hydrogens is 758 g/mol. The first-order chi connectivity index (χ1) is 26.8. The van der Waals surface area contributed by atoms with Crippen LogP contribution in [0.4, 0.5) is 5.69 Å². The summed E-state index contributed by atoms with van der Waals surface area (Å²) in [6.45, 7) is 0. The SMILES string of the molecule is CON=C(C(=O)NOC(=O)C1=C(CCl)CS[C@@H]2[C@H](Cc3ccc(OC)cc3)C(=O)N12)c1csc(C(c2ccccc2)(c2ccccc2)c2ccccc2N)n1. The molecule has 11 nitrogen and oxygen atoms in total. The summed E-state index contributed by atoms with van der Waals surface area (Å²) in [6, 6.07) is 34.9. The molecule has 7 rings (SSSR count). The summed E-state index contributed by atoms with van der Waals surface area (Å²) in [5.41, 5.74) is 12.5. The van der Waals surface area contributed by atoms with E-state index in [0.29, 0.717) is 28.4 Å². The van der Waals surface area contributed by atoms with Gasteiger partial charge >= 0.3 is 11.9 Å². The van der Waals surface area contributed by atoms with Crippen LogP contribution in [0.3, 0.4) is 0 Å². The number of thioether (sulfide) groups is 1. The van der Waals surface area contributed by atoms with Crippen molar-refractivity contribution >= 4 is 63.9 Å². The topological polar surface area (TPSA) is 145 Å². The maximum atomic E-state index is 13.7. The van der Waals surface area contributed by atoms with Crippen LogP contribution in [0.5, 0.6) is 5.75 Å². The van der Waals surface area contributed by atoms with Crippen LogP contribution >= 0.6 is 34.7 Å². The number of nitrogens with zero attached hydrogens (tertiary/aromatic N) is 3. The number of nitrogens with one attached hydrogen (secondary N) is 1. The number of rotatable bonds is 12. The van der Waals surface area contributed by atoms with E-state index in [1.165, 1.54) is 35.1 Å². The number of oxime groups is 1. The smallest absolute Gasteiger partial charge is 0.379 e. The summed E-state index contributed by atoms with van der Waals surface area (Å²) in [5.74, 6) is -1.25. The van der Waals surface area contributed by atoms with E-state index in [0.717, 1.165) is 28.0 Å². The van der Waals surface area contributed by atoms with Gasteiger partial charge in [0, 0.05) is 22.7 Å². The van der Waals surface area contributed by atoms with Gasteiger partial charge in [-0.1, -0.05) is 96.2 Å². The molecule has 4 aromatic carbocycles. The average molecular weight is 794 g/mol. The molecule has 3 heterocycles. The van der Waals surface area contributed by atoms with Crippen LogP contribution in [0.1, 0.15) is 33.0 Å². The zero-order chi connectivity index (χ0) is 38.5. The van der Waals surface area contributed by atoms with Gasteiger partial charge < -0.3 is 20.1 Å². The highest BCUT2D eigenvalue weighted by atomic mass is 35.5. The predicted octanol–water partition coefficient (Wildman–Crippen LogP) is 6.31. The molecule has 2 amide bonds. The molecule has 5 aromatic rings. The van der Waals surface area contributed by atoms with Crippen molar-refractivity contribution in [3.05, 3.63) is 159 Å². The minimum absolute atomic E-state index is 0.000479. The Kier molecular flexibility index (Phi) is 11.2. The molecule has 1 saturated heterocycles. The van der Waals surface area contributed by atoms with Gasteiger partial charge in [-0.05, 0) is 52.4 Å². The maximum Gasteiger partial charge on any atom is 0.379 e. The van der Waals surface area contributed by atoms with Crippen LogP contribution in [-0.2, 0) is 35.9 Å². The second-order valence-electron chi connectivity index (χ2n) is 12.7. The molecule has 0 saturated carbocycles. The maximum absolute atomic E-state index is 13.7. The number of aromatic nitrogens is 1. The molecular formula is C41H36ClN5O6S2. The van der Waals surface area contributed by atoms with Crippen molar-refractivity contribution in [1.29, 1.82) is 0 Å². The van der Waals surface area contributed by atoms with Gasteiger partial charge in [0.05, 0.1) is 23.8 Å². The molecule has 0 radical (unpaired) electrons. The molecule has 2 atom stereocenters. The van der Waals surface area contributed by atoms with E-state index in [-0.39, 0.29) is 40.2 Å². The molecule has 2 aliphatic rings. The van der Waals surface area contributed by atoms with Gasteiger partial charge in [0.25, 0.3) is 0 Å². The Bertz CT molecular complexity index is 2230. The Hall–Kier alpha value is -5.63. The zero-order valence-electron chi connectivity index (χ0n) is 29.8. The second kappa shape index (κ2) is 16.4. The van der Waals surface area contributed by atoms with Crippen LogP contribution in [0, 0.1) is 5.92 Å². The van der Waals surface area contributed by atoms with Crippen LogP contribution < -0.4 is 16.0 Å². The van der Waals surface area contributed by atoms with Gasteiger partial charge in [0.1, 0.15) is 29.3 Å². The molecule has 3 N–H and O–H groups in total. The number of carbonyl (C=O) groups is 3. The summed E-state index contributed by atoms with van der Waals surface area (Å²) in [7, 11) is 2.89. The van der Waals surface area contributed by atoms with Gasteiger partial charge in [-0.2, -0.15) is 5.48 Å². The Morgan fingerprint density at radius 3 is 2.24 bits per heavy atom. The largest absolute Gasteiger partial charge is 0.497 e. The number of benzene rings is 4. The molecule has 280 valence electrons. The highest BCUT2D eigenvalue weighted by molar-refractivity contribution is 8.00. The number of hydrogen-bond acceptors (Lipinski definition) is 11. The summed E-state index contributed by atoms with van der Waals surface area (Å²) < 4.78 is 5.25. The number of alkyl halides is 1. The fourth-order valence-electron chi connectivity index (χ4n) is 7.02. The highest BCUT2D eigenvalue weighted by Gasteiger charge is 2.53. The third-order valence-electron chi connectivity index (χ3n) is 9.61. The molecule has 0 bridgehead atoms. The molecule has 2 aliphatic heterocycles. The first kappa shape index (κ1) is 37.7. The minimum atomic E-state index is -0.979. The van der Waals surface area contributed by atoms with Crippen molar-refractivity contribution < 1.29 is 28.8 Å². The number of amides is 2. The number of β-lactam (4-membered cyclic amide) rings is 1. The van der Waals surface area contributed by atoms with Crippen LogP contribution in [0.25, 0.3) is 0 Å². The fourth-order valence-corrected chi connectivity index (χ4v) is 9.83. The van der Waals surface area contributed by atoms with Gasteiger partial charge in [-0.15, -0.1) is 34.7 Å². The molecule has 1 aromatic heterocycles. The van der Waals surface area contributed by atoms with Crippen molar-refractivity contribution in [1.82, 2.24) is 15.4 Å². The van der Waals surface area contributed by atoms with Crippen molar-refractivity contribution in [2.45, 2.75) is 17.2 Å². The van der Waals surface area contributed by atoms with Gasteiger partial charge in [0.15, 0.2) is 5.71 Å². The normalized spacial score (nSPS) is 16.9. The molecule has 55 heavy (non-hydrogen) atoms. The number of para-hydroxylation sites is 1. The lowest BCUT2D eigenvalue weighted by atomic mass is 9.69. The lowest BCUT2D eigenvalue weighted by Crippen LogP contribution is -2.62. The average Bonchev–Trinajstić information content (AvgIpc) is 3.72. The van der Waals surface area contributed by atoms with Crippen molar-refractivity contribution in [2.75, 3.05) is 31.6 Å². The number of methoxy groups -OCH3 is 1. The van der Waals surface area contributed by atoms with E-state index >= 15 is 0 Å². The lowest BCUT2D eigenvalue weighted by molar-refractivity contribution is -0.160. The number of carbonyl (C=O) groups excluding carboxylic acids is 3. The number of halogens is 1. The Balaban J connectivity index is 1.15. The fraction of sp³-hybridized carbons (Fsp3) is 0.195. The van der Waals surface area contributed by atoms with Crippen molar-refractivity contribution in [2.24, 2.45) is 11.1 Å². The molecule has 0 unspecified atom stereocenters. The van der Waals surface area contributed by atoms with E-state index in [9.17, 15) is 14.4 Å². The third kappa shape index (κ3) is 7.06. The van der Waals surface area contributed by atoms with E-state index in [2.05, 4.69) is 10.6 Å². The third-order valence-corrected chi connectivity index (χ3v) is 12.3. The minimum Gasteiger partial charge on any atom is -0.497 e. The van der Waals surface area contributed by atoms with Gasteiger partial charge in [-0.25, -0.2) is 9.78 Å². The zero-order valence-corrected chi connectivity index (χ0v) is 32.2. The number of ether oxygens (including phenoxy) is 1. The van der Waals surface area contributed by atoms with Gasteiger partial charge in [-0.3, -0.25) is 14.5 Å². The first-order valence-corrected chi connectivity index (χ1v) is 19.7. The lowest BCUT2D eigenvalue weighted by Gasteiger charge is -2.49. The van der Waals surface area contributed by atoms with Crippen molar-refractivity contribution in [3.63, 3.8) is 0 Å². The molecule has 0 spiro atoms. The monoisotopic (exact) mass is 793 g/mol. The van der Waals surface area contributed by atoms with E-state index < -0.39 is 17.3 Å². The summed E-state index contributed by atoms with van der Waals surface area (Å²) in [6.07, 6.45) is 0.492. The number of anilines is 1. The summed E-state index contributed by atoms with van der Waals surface area (Å²) >= 11 is 9.10. The van der Waals surface area contributed by atoms with Gasteiger partial charge in [0.2, 0.25) is 5.91 Å². The molecule has 1 fully saturated rings. The quantitative estimate of drug-likeness (QED) is 0.0371. The van der Waals surface area contributed by atoms with E-state index in [4.69, 9.17) is 36.7 Å². The van der Waals surface area contributed by atoms with Crippen LogP contribution in [0.2, 0.25) is 0 Å². The van der Waals surface area contributed by atoms with Crippen LogP contribution in [0.15, 0.2) is 131 Å². The number of nitrogens with two attached hydrogens (primary N) is 1.